The van der Waals surface area contributed by atoms with Crippen LogP contribution in [0.15, 0.2) is 17.1 Å². The van der Waals surface area contributed by atoms with Crippen molar-refractivity contribution in [3.8, 4) is 0 Å². The van der Waals surface area contributed by atoms with Crippen LogP contribution < -0.4 is 5.32 Å². The fraction of sp³-hybridized carbons (Fsp3) is 0.364. The van der Waals surface area contributed by atoms with Gasteiger partial charge in [0.1, 0.15) is 5.82 Å². The van der Waals surface area contributed by atoms with Crippen molar-refractivity contribution < 1.29 is 4.39 Å². The lowest BCUT2D eigenvalue weighted by molar-refractivity contribution is 0.628. The number of nitrogens with zero attached hydrogens (tertiary/aromatic N) is 1. The van der Waals surface area contributed by atoms with Crippen molar-refractivity contribution in [3.63, 3.8) is 0 Å². The van der Waals surface area contributed by atoms with Gasteiger partial charge >= 0.3 is 0 Å². The number of rotatable bonds is 2. The van der Waals surface area contributed by atoms with Gasteiger partial charge in [-0.25, -0.2) is 4.39 Å². The Balaban J connectivity index is 2.15. The smallest absolute Gasteiger partial charge is 0.161 e. The fourth-order valence-corrected chi connectivity index (χ4v) is 2.96. The lowest BCUT2D eigenvalue weighted by atomic mass is 10.3. The quantitative estimate of drug-likeness (QED) is 0.872. The van der Waals surface area contributed by atoms with Gasteiger partial charge in [0.25, 0.3) is 0 Å². The molecule has 1 aromatic carbocycles. The van der Waals surface area contributed by atoms with Gasteiger partial charge in [-0.15, -0.1) is 0 Å². The number of anilines is 1. The number of amidine groups is 1. The number of halogens is 3. The van der Waals surface area contributed by atoms with E-state index in [9.17, 15) is 4.39 Å². The lowest BCUT2D eigenvalue weighted by Crippen LogP contribution is -2.08. The average molecular weight is 293 g/mol. The monoisotopic (exact) mass is 292 g/mol. The first-order valence-electron chi connectivity index (χ1n) is 5.22. The summed E-state index contributed by atoms with van der Waals surface area (Å²) in [6.45, 7) is 2.91. The highest BCUT2D eigenvalue weighted by Gasteiger charge is 2.19. The Kier molecular flexibility index (Phi) is 4.17. The average Bonchev–Trinajstić information content (AvgIpc) is 2.71. The molecule has 0 fully saturated rings. The Hall–Kier alpha value is -0.450. The summed E-state index contributed by atoms with van der Waals surface area (Å²) in [7, 11) is 0. The third-order valence-electron chi connectivity index (χ3n) is 2.41. The molecule has 1 aliphatic heterocycles. The molecular weight excluding hydrogens is 282 g/mol. The molecule has 0 bridgehead atoms. The normalized spacial score (nSPS) is 19.3. The molecule has 0 saturated carbocycles. The number of nitrogens with one attached hydrogen (secondary N) is 1. The van der Waals surface area contributed by atoms with Gasteiger partial charge in [-0.05, 0) is 18.6 Å². The van der Waals surface area contributed by atoms with Crippen LogP contribution in [0.2, 0.25) is 10.0 Å². The van der Waals surface area contributed by atoms with Gasteiger partial charge in [0.15, 0.2) is 5.17 Å². The molecule has 2 nitrogen and oxygen atoms in total. The second-order valence-electron chi connectivity index (χ2n) is 3.66. The van der Waals surface area contributed by atoms with E-state index in [1.807, 2.05) is 0 Å². The van der Waals surface area contributed by atoms with Crippen LogP contribution in [0.25, 0.3) is 0 Å². The second kappa shape index (κ2) is 5.46. The van der Waals surface area contributed by atoms with Crippen molar-refractivity contribution in [2.24, 2.45) is 4.99 Å². The number of hydrogen-bond donors (Lipinski definition) is 1. The molecule has 0 aliphatic carbocycles. The Morgan fingerprint density at radius 1 is 1.47 bits per heavy atom. The van der Waals surface area contributed by atoms with Crippen LogP contribution in [0.5, 0.6) is 0 Å². The number of benzene rings is 1. The maximum Gasteiger partial charge on any atom is 0.161 e. The van der Waals surface area contributed by atoms with Gasteiger partial charge in [0, 0.05) is 5.25 Å². The minimum absolute atomic E-state index is 0.262. The van der Waals surface area contributed by atoms with Crippen molar-refractivity contribution in [3.05, 3.63) is 28.0 Å². The Labute approximate surface area is 114 Å². The Bertz CT molecular complexity index is 442. The summed E-state index contributed by atoms with van der Waals surface area (Å²) in [5, 5.41) is 4.86. The molecule has 1 N–H and O–H groups in total. The highest BCUT2D eigenvalue weighted by Crippen LogP contribution is 2.33. The Morgan fingerprint density at radius 3 is 2.65 bits per heavy atom. The predicted molar refractivity (Wildman–Crippen MR) is 74.0 cm³/mol. The molecule has 0 aromatic heterocycles. The van der Waals surface area contributed by atoms with Gasteiger partial charge < -0.3 is 5.32 Å². The summed E-state index contributed by atoms with van der Waals surface area (Å²) in [6, 6.07) is 2.46. The molecule has 6 heteroatoms. The van der Waals surface area contributed by atoms with Crippen LogP contribution >= 0.6 is 35.0 Å². The van der Waals surface area contributed by atoms with E-state index in [4.69, 9.17) is 23.2 Å². The van der Waals surface area contributed by atoms with Gasteiger partial charge in [0.05, 0.1) is 22.3 Å². The largest absolute Gasteiger partial charge is 0.333 e. The van der Waals surface area contributed by atoms with E-state index >= 15 is 0 Å². The first-order valence-corrected chi connectivity index (χ1v) is 6.86. The molecule has 0 amide bonds. The molecule has 17 heavy (non-hydrogen) atoms. The first-order chi connectivity index (χ1) is 8.10. The van der Waals surface area contributed by atoms with E-state index in [0.29, 0.717) is 10.9 Å². The molecule has 1 aromatic rings. The number of thioether (sulfide) groups is 1. The van der Waals surface area contributed by atoms with Gasteiger partial charge in [0.2, 0.25) is 0 Å². The summed E-state index contributed by atoms with van der Waals surface area (Å²) in [5.74, 6) is -0.446. The zero-order valence-corrected chi connectivity index (χ0v) is 11.5. The van der Waals surface area contributed by atoms with Gasteiger partial charge in [-0.2, -0.15) is 0 Å². The zero-order chi connectivity index (χ0) is 12.4. The van der Waals surface area contributed by atoms with E-state index in [0.717, 1.165) is 18.1 Å². The SMILES string of the molecule is CCC1CN=C(Nc2c(Cl)cc(F)cc2Cl)S1. The molecule has 1 aliphatic rings. The van der Waals surface area contributed by atoms with Crippen LogP contribution in [0.3, 0.4) is 0 Å². The maximum absolute atomic E-state index is 13.0. The third kappa shape index (κ3) is 3.06. The summed E-state index contributed by atoms with van der Waals surface area (Å²) in [5.41, 5.74) is 0.512. The van der Waals surface area contributed by atoms with Crippen molar-refractivity contribution in [2.75, 3.05) is 11.9 Å². The topological polar surface area (TPSA) is 24.4 Å². The number of hydrogen-bond acceptors (Lipinski definition) is 3. The molecule has 1 heterocycles. The highest BCUT2D eigenvalue weighted by atomic mass is 35.5. The molecule has 0 radical (unpaired) electrons. The predicted octanol–water partition coefficient (Wildman–Crippen LogP) is 4.43. The highest BCUT2D eigenvalue weighted by molar-refractivity contribution is 8.15. The van der Waals surface area contributed by atoms with E-state index < -0.39 is 5.82 Å². The molecule has 1 atom stereocenters. The van der Waals surface area contributed by atoms with Crippen LogP contribution in [0, 0.1) is 5.82 Å². The lowest BCUT2D eigenvalue weighted by Gasteiger charge is -2.10. The summed E-state index contributed by atoms with van der Waals surface area (Å²) >= 11 is 13.5. The van der Waals surface area contributed by atoms with E-state index in [1.54, 1.807) is 11.8 Å². The van der Waals surface area contributed by atoms with E-state index in [-0.39, 0.29) is 10.0 Å². The van der Waals surface area contributed by atoms with Crippen molar-refractivity contribution in [1.29, 1.82) is 0 Å². The number of aliphatic imine (C=N–C) groups is 1. The molecule has 92 valence electrons. The zero-order valence-electron chi connectivity index (χ0n) is 9.14. The van der Waals surface area contributed by atoms with Gasteiger partial charge in [-0.3, -0.25) is 4.99 Å². The fourth-order valence-electron chi connectivity index (χ4n) is 1.47. The maximum atomic E-state index is 13.0. The van der Waals surface area contributed by atoms with Gasteiger partial charge in [-0.1, -0.05) is 41.9 Å². The molecule has 0 saturated heterocycles. The Morgan fingerprint density at radius 2 is 2.12 bits per heavy atom. The van der Waals surface area contributed by atoms with Crippen LogP contribution in [0.1, 0.15) is 13.3 Å². The molecular formula is C11H11Cl2FN2S. The second-order valence-corrected chi connectivity index (χ2v) is 5.77. The summed E-state index contributed by atoms with van der Waals surface area (Å²) in [6.07, 6.45) is 1.06. The van der Waals surface area contributed by atoms with Crippen molar-refractivity contribution in [2.45, 2.75) is 18.6 Å². The first kappa shape index (κ1) is 13.0. The van der Waals surface area contributed by atoms with E-state index in [1.165, 1.54) is 12.1 Å². The van der Waals surface area contributed by atoms with Crippen molar-refractivity contribution >= 4 is 45.8 Å². The third-order valence-corrected chi connectivity index (χ3v) is 4.28. The van der Waals surface area contributed by atoms with Crippen LogP contribution in [-0.2, 0) is 0 Å². The molecule has 1 unspecified atom stereocenters. The summed E-state index contributed by atoms with van der Waals surface area (Å²) in [4.78, 5) is 4.35. The van der Waals surface area contributed by atoms with Crippen LogP contribution in [-0.4, -0.2) is 17.0 Å². The van der Waals surface area contributed by atoms with Crippen LogP contribution in [0.4, 0.5) is 10.1 Å². The standard InChI is InChI=1S/C11H11Cl2FN2S/c1-2-7-5-15-11(17-7)16-10-8(12)3-6(14)4-9(10)13/h3-4,7H,2,5H2,1H3,(H,15,16). The molecule has 0 spiro atoms. The van der Waals surface area contributed by atoms with E-state index in [2.05, 4.69) is 17.2 Å². The van der Waals surface area contributed by atoms with Crippen molar-refractivity contribution in [1.82, 2.24) is 0 Å². The summed E-state index contributed by atoms with van der Waals surface area (Å²) < 4.78 is 13.0. The minimum atomic E-state index is -0.446. The molecule has 2 rings (SSSR count). The minimum Gasteiger partial charge on any atom is -0.333 e.